The minimum absolute atomic E-state index is 0.136. The summed E-state index contributed by atoms with van der Waals surface area (Å²) < 4.78 is 5.16. The summed E-state index contributed by atoms with van der Waals surface area (Å²) in [6.45, 7) is 5.08. The van der Waals surface area contributed by atoms with Crippen LogP contribution in [0.25, 0.3) is 0 Å². The van der Waals surface area contributed by atoms with Gasteiger partial charge in [-0.2, -0.15) is 0 Å². The number of rotatable bonds is 5. The summed E-state index contributed by atoms with van der Waals surface area (Å²) >= 11 is 1.82. The molecule has 0 aromatic heterocycles. The number of ether oxygens (including phenoxy) is 1. The van der Waals surface area contributed by atoms with Gasteiger partial charge in [-0.25, -0.2) is 0 Å². The van der Waals surface area contributed by atoms with E-state index >= 15 is 0 Å². The first-order chi connectivity index (χ1) is 9.21. The molecule has 2 rings (SSSR count). The second kappa shape index (κ2) is 6.44. The monoisotopic (exact) mass is 278 g/mol. The number of thioether (sulfide) groups is 1. The van der Waals surface area contributed by atoms with E-state index in [1.165, 1.54) is 5.56 Å². The van der Waals surface area contributed by atoms with Crippen LogP contribution in [-0.4, -0.2) is 23.6 Å². The number of methoxy groups -OCH3 is 1. The second-order valence-corrected chi connectivity index (χ2v) is 5.86. The van der Waals surface area contributed by atoms with E-state index in [9.17, 15) is 0 Å². The van der Waals surface area contributed by atoms with Gasteiger partial charge >= 0.3 is 0 Å². The van der Waals surface area contributed by atoms with Crippen LogP contribution in [0.2, 0.25) is 0 Å². The van der Waals surface area contributed by atoms with Crippen LogP contribution in [0.4, 0.5) is 5.69 Å². The smallest absolute Gasteiger partial charge is 0.161 e. The Morgan fingerprint density at radius 1 is 1.37 bits per heavy atom. The van der Waals surface area contributed by atoms with E-state index in [-0.39, 0.29) is 5.54 Å². The topological polar surface area (TPSA) is 33.6 Å². The molecule has 104 valence electrons. The normalized spacial score (nSPS) is 17.3. The van der Waals surface area contributed by atoms with E-state index in [0.717, 1.165) is 29.4 Å². The van der Waals surface area contributed by atoms with Crippen molar-refractivity contribution in [2.24, 2.45) is 4.99 Å². The van der Waals surface area contributed by atoms with Crippen molar-refractivity contribution in [2.75, 3.05) is 18.2 Å². The molecule has 0 bridgehead atoms. The summed E-state index contributed by atoms with van der Waals surface area (Å²) in [5, 5.41) is 4.46. The Bertz CT molecular complexity index is 455. The van der Waals surface area contributed by atoms with Crippen LogP contribution in [0.3, 0.4) is 0 Å². The first-order valence-corrected chi connectivity index (χ1v) is 7.77. The minimum Gasteiger partial charge on any atom is -0.380 e. The van der Waals surface area contributed by atoms with Crippen molar-refractivity contribution in [3.8, 4) is 0 Å². The third kappa shape index (κ3) is 3.51. The van der Waals surface area contributed by atoms with Gasteiger partial charge in [-0.3, -0.25) is 4.99 Å². The number of benzene rings is 1. The molecule has 0 unspecified atom stereocenters. The summed E-state index contributed by atoms with van der Waals surface area (Å²) in [7, 11) is 1.72. The van der Waals surface area contributed by atoms with Crippen molar-refractivity contribution in [3.05, 3.63) is 29.8 Å². The van der Waals surface area contributed by atoms with Crippen molar-refractivity contribution in [1.82, 2.24) is 0 Å². The van der Waals surface area contributed by atoms with Crippen LogP contribution in [0.15, 0.2) is 29.3 Å². The molecular formula is C15H22N2OS. The predicted octanol–water partition coefficient (Wildman–Crippen LogP) is 3.91. The van der Waals surface area contributed by atoms with Gasteiger partial charge in [-0.1, -0.05) is 37.7 Å². The van der Waals surface area contributed by atoms with Gasteiger partial charge in [-0.05, 0) is 30.5 Å². The minimum atomic E-state index is 0.136. The number of nitrogens with zero attached hydrogens (tertiary/aromatic N) is 1. The number of nitrogens with one attached hydrogen (secondary N) is 1. The van der Waals surface area contributed by atoms with E-state index in [2.05, 4.69) is 37.4 Å². The maximum absolute atomic E-state index is 5.16. The summed E-state index contributed by atoms with van der Waals surface area (Å²) in [6.07, 6.45) is 2.21. The first kappa shape index (κ1) is 14.4. The molecule has 1 N–H and O–H groups in total. The molecule has 1 aliphatic rings. The highest BCUT2D eigenvalue weighted by Gasteiger charge is 2.31. The third-order valence-electron chi connectivity index (χ3n) is 3.62. The van der Waals surface area contributed by atoms with Crippen LogP contribution >= 0.6 is 11.8 Å². The third-order valence-corrected chi connectivity index (χ3v) is 4.77. The molecule has 4 heteroatoms. The summed E-state index contributed by atoms with van der Waals surface area (Å²) in [5.74, 6) is 1.08. The highest BCUT2D eigenvalue weighted by atomic mass is 32.2. The fraction of sp³-hybridized carbons (Fsp3) is 0.533. The highest BCUT2D eigenvalue weighted by Crippen LogP contribution is 2.33. The lowest BCUT2D eigenvalue weighted by molar-refractivity contribution is 0.185. The average Bonchev–Trinajstić information content (AvgIpc) is 2.84. The Balaban J connectivity index is 2.07. The van der Waals surface area contributed by atoms with Gasteiger partial charge in [0.25, 0.3) is 0 Å². The highest BCUT2D eigenvalue weighted by molar-refractivity contribution is 8.14. The zero-order valence-electron chi connectivity index (χ0n) is 11.9. The van der Waals surface area contributed by atoms with Gasteiger partial charge in [0, 0.05) is 18.6 Å². The maximum atomic E-state index is 5.16. The zero-order valence-corrected chi connectivity index (χ0v) is 12.7. The molecule has 3 nitrogen and oxygen atoms in total. The summed E-state index contributed by atoms with van der Waals surface area (Å²) in [5.41, 5.74) is 2.40. The van der Waals surface area contributed by atoms with Gasteiger partial charge in [0.2, 0.25) is 0 Å². The van der Waals surface area contributed by atoms with E-state index in [1.807, 2.05) is 17.8 Å². The molecule has 0 radical (unpaired) electrons. The van der Waals surface area contributed by atoms with Crippen LogP contribution in [0.1, 0.15) is 32.3 Å². The number of anilines is 1. The molecule has 1 aromatic carbocycles. The molecule has 0 atom stereocenters. The molecule has 0 fully saturated rings. The van der Waals surface area contributed by atoms with Crippen molar-refractivity contribution >= 4 is 22.6 Å². The molecule has 19 heavy (non-hydrogen) atoms. The predicted molar refractivity (Wildman–Crippen MR) is 84.0 cm³/mol. The Kier molecular flexibility index (Phi) is 4.88. The SMILES string of the molecule is CCC1(CC)CSC(Nc2cccc(COC)c2)=N1. The number of amidine groups is 1. The first-order valence-electron chi connectivity index (χ1n) is 6.79. The van der Waals surface area contributed by atoms with Crippen LogP contribution in [-0.2, 0) is 11.3 Å². The van der Waals surface area contributed by atoms with Gasteiger partial charge in [-0.15, -0.1) is 0 Å². The van der Waals surface area contributed by atoms with Crippen LogP contribution in [0.5, 0.6) is 0 Å². The van der Waals surface area contributed by atoms with Crippen LogP contribution < -0.4 is 5.32 Å². The van der Waals surface area contributed by atoms with E-state index in [4.69, 9.17) is 9.73 Å². The second-order valence-electron chi connectivity index (χ2n) is 4.90. The molecule has 0 aliphatic carbocycles. The Labute approximate surface area is 119 Å². The maximum Gasteiger partial charge on any atom is 0.161 e. The molecule has 0 spiro atoms. The Hall–Kier alpha value is -1.00. The van der Waals surface area contributed by atoms with E-state index in [0.29, 0.717) is 6.61 Å². The van der Waals surface area contributed by atoms with Crippen molar-refractivity contribution < 1.29 is 4.74 Å². The molecule has 1 aliphatic heterocycles. The van der Waals surface area contributed by atoms with Crippen molar-refractivity contribution in [1.29, 1.82) is 0 Å². The van der Waals surface area contributed by atoms with Crippen LogP contribution in [0, 0.1) is 0 Å². The lowest BCUT2D eigenvalue weighted by Gasteiger charge is -2.20. The van der Waals surface area contributed by atoms with Crippen molar-refractivity contribution in [2.45, 2.75) is 38.8 Å². The number of hydrogen-bond acceptors (Lipinski definition) is 4. The van der Waals surface area contributed by atoms with Gasteiger partial charge in [0.15, 0.2) is 5.17 Å². The quantitative estimate of drug-likeness (QED) is 0.886. The molecule has 1 heterocycles. The standard InChI is InChI=1S/C15H22N2OS/c1-4-15(5-2)11-19-14(17-15)16-13-8-6-7-12(9-13)10-18-3/h6-9H,4-5,10-11H2,1-3H3,(H,16,17). The largest absolute Gasteiger partial charge is 0.380 e. The van der Waals surface area contributed by atoms with E-state index in [1.54, 1.807) is 7.11 Å². The average molecular weight is 278 g/mol. The Morgan fingerprint density at radius 2 is 2.16 bits per heavy atom. The molecule has 0 saturated heterocycles. The van der Waals surface area contributed by atoms with Gasteiger partial charge in [0.05, 0.1) is 12.1 Å². The van der Waals surface area contributed by atoms with Crippen molar-refractivity contribution in [3.63, 3.8) is 0 Å². The van der Waals surface area contributed by atoms with Gasteiger partial charge < -0.3 is 10.1 Å². The summed E-state index contributed by atoms with van der Waals surface area (Å²) in [6, 6.07) is 8.30. The van der Waals surface area contributed by atoms with E-state index < -0.39 is 0 Å². The fourth-order valence-corrected chi connectivity index (χ4v) is 3.51. The van der Waals surface area contributed by atoms with Gasteiger partial charge in [0.1, 0.15) is 0 Å². The molecule has 0 amide bonds. The molecule has 0 saturated carbocycles. The number of aliphatic imine (C=N–C) groups is 1. The fourth-order valence-electron chi connectivity index (χ4n) is 2.19. The summed E-state index contributed by atoms with van der Waals surface area (Å²) in [4.78, 5) is 4.86. The Morgan fingerprint density at radius 3 is 2.79 bits per heavy atom. The lowest BCUT2D eigenvalue weighted by Crippen LogP contribution is -2.24. The number of hydrogen-bond donors (Lipinski definition) is 1. The zero-order chi connectivity index (χ0) is 13.7. The lowest BCUT2D eigenvalue weighted by atomic mass is 9.97. The molecular weight excluding hydrogens is 256 g/mol. The molecule has 1 aromatic rings.